The van der Waals surface area contributed by atoms with Gasteiger partial charge in [-0.15, -0.1) is 22.7 Å². The lowest BCUT2D eigenvalue weighted by Gasteiger charge is -2.27. The standard InChI is InChI=1S/C48H31NS2/c1-4-12-32(13-5-1)34-20-23-37(24-21-34)49(38-25-27-41-40-26-22-36(33-14-6-2-7-15-33)30-45(40)50-46(41)31-38)43-29-28-39(35-16-8-3-9-17-35)48-47(43)42-18-10-11-19-44(42)51-48/h1-31H. The Morgan fingerprint density at radius 2 is 0.882 bits per heavy atom. The molecule has 10 rings (SSSR count). The van der Waals surface area contributed by atoms with Crippen LogP contribution in [0.4, 0.5) is 17.1 Å². The van der Waals surface area contributed by atoms with E-state index in [0.29, 0.717) is 0 Å². The summed E-state index contributed by atoms with van der Waals surface area (Å²) in [5.74, 6) is 0. The quantitative estimate of drug-likeness (QED) is 0.168. The molecule has 0 aliphatic heterocycles. The lowest BCUT2D eigenvalue weighted by atomic mass is 9.99. The molecule has 1 nitrogen and oxygen atoms in total. The molecular weight excluding hydrogens is 655 g/mol. The maximum Gasteiger partial charge on any atom is 0.0555 e. The molecular formula is C48H31NS2. The number of benzene rings is 8. The first-order valence-corrected chi connectivity index (χ1v) is 18.9. The Morgan fingerprint density at radius 3 is 1.61 bits per heavy atom. The average molecular weight is 686 g/mol. The molecule has 240 valence electrons. The van der Waals surface area contributed by atoms with Crippen molar-refractivity contribution in [3.8, 4) is 33.4 Å². The molecule has 0 saturated heterocycles. The van der Waals surface area contributed by atoms with Gasteiger partial charge in [-0.05, 0) is 75.8 Å². The molecule has 0 spiro atoms. The molecule has 0 unspecified atom stereocenters. The van der Waals surface area contributed by atoms with Crippen molar-refractivity contribution in [1.29, 1.82) is 0 Å². The first-order valence-electron chi connectivity index (χ1n) is 17.3. The second-order valence-electron chi connectivity index (χ2n) is 12.9. The van der Waals surface area contributed by atoms with Gasteiger partial charge in [-0.1, -0.05) is 146 Å². The second-order valence-corrected chi connectivity index (χ2v) is 15.0. The van der Waals surface area contributed by atoms with Gasteiger partial charge in [-0.2, -0.15) is 0 Å². The first-order chi connectivity index (χ1) is 25.3. The fraction of sp³-hybridized carbons (Fsp3) is 0. The van der Waals surface area contributed by atoms with E-state index in [1.54, 1.807) is 0 Å². The molecule has 3 heteroatoms. The molecule has 8 aromatic carbocycles. The van der Waals surface area contributed by atoms with Gasteiger partial charge in [0.25, 0.3) is 0 Å². The number of hydrogen-bond acceptors (Lipinski definition) is 3. The zero-order valence-electron chi connectivity index (χ0n) is 27.7. The van der Waals surface area contributed by atoms with Gasteiger partial charge in [0.2, 0.25) is 0 Å². The van der Waals surface area contributed by atoms with Gasteiger partial charge in [-0.25, -0.2) is 0 Å². The molecule has 0 aliphatic carbocycles. The molecule has 0 amide bonds. The topological polar surface area (TPSA) is 3.24 Å². The highest BCUT2D eigenvalue weighted by Gasteiger charge is 2.22. The minimum Gasteiger partial charge on any atom is -0.310 e. The molecule has 0 aliphatic rings. The van der Waals surface area contributed by atoms with E-state index >= 15 is 0 Å². The third-order valence-electron chi connectivity index (χ3n) is 9.88. The van der Waals surface area contributed by atoms with Crippen LogP contribution >= 0.6 is 22.7 Å². The Labute approximate surface area is 304 Å². The molecule has 0 saturated carbocycles. The van der Waals surface area contributed by atoms with Crippen LogP contribution in [0.25, 0.3) is 73.7 Å². The number of hydrogen-bond donors (Lipinski definition) is 0. The summed E-state index contributed by atoms with van der Waals surface area (Å²) < 4.78 is 5.19. The smallest absolute Gasteiger partial charge is 0.0555 e. The Hall–Kier alpha value is -6.00. The van der Waals surface area contributed by atoms with Crippen LogP contribution in [0, 0.1) is 0 Å². The highest BCUT2D eigenvalue weighted by Crippen LogP contribution is 2.49. The van der Waals surface area contributed by atoms with Crippen LogP contribution < -0.4 is 4.90 Å². The lowest BCUT2D eigenvalue weighted by molar-refractivity contribution is 1.31. The van der Waals surface area contributed by atoms with Gasteiger partial charge in [0.05, 0.1) is 5.69 Å². The highest BCUT2D eigenvalue weighted by atomic mass is 32.1. The Morgan fingerprint density at radius 1 is 0.333 bits per heavy atom. The normalized spacial score (nSPS) is 11.5. The minimum absolute atomic E-state index is 1.13. The maximum atomic E-state index is 2.46. The summed E-state index contributed by atoms with van der Waals surface area (Å²) in [6.07, 6.45) is 0. The number of fused-ring (bicyclic) bond motifs is 6. The van der Waals surface area contributed by atoms with Crippen LogP contribution in [0.3, 0.4) is 0 Å². The van der Waals surface area contributed by atoms with E-state index < -0.39 is 0 Å². The van der Waals surface area contributed by atoms with Crippen molar-refractivity contribution in [2.24, 2.45) is 0 Å². The summed E-state index contributed by atoms with van der Waals surface area (Å²) in [7, 11) is 0. The van der Waals surface area contributed by atoms with Gasteiger partial charge < -0.3 is 4.90 Å². The zero-order valence-corrected chi connectivity index (χ0v) is 29.3. The van der Waals surface area contributed by atoms with Crippen molar-refractivity contribution in [3.05, 3.63) is 188 Å². The summed E-state index contributed by atoms with van der Waals surface area (Å²) in [6, 6.07) is 68.5. The largest absolute Gasteiger partial charge is 0.310 e. The zero-order chi connectivity index (χ0) is 33.7. The summed E-state index contributed by atoms with van der Waals surface area (Å²) in [5, 5.41) is 5.17. The van der Waals surface area contributed by atoms with Crippen LogP contribution in [0.1, 0.15) is 0 Å². The van der Waals surface area contributed by atoms with E-state index in [2.05, 4.69) is 193 Å². The van der Waals surface area contributed by atoms with Gasteiger partial charge in [-0.3, -0.25) is 0 Å². The molecule has 0 bridgehead atoms. The Kier molecular flexibility index (Phi) is 7.26. The number of thiophene rings is 2. The highest BCUT2D eigenvalue weighted by molar-refractivity contribution is 7.26. The van der Waals surface area contributed by atoms with Crippen molar-refractivity contribution in [3.63, 3.8) is 0 Å². The van der Waals surface area contributed by atoms with Crippen molar-refractivity contribution < 1.29 is 0 Å². The van der Waals surface area contributed by atoms with Gasteiger partial charge >= 0.3 is 0 Å². The fourth-order valence-corrected chi connectivity index (χ4v) is 9.86. The van der Waals surface area contributed by atoms with E-state index in [0.717, 1.165) is 11.4 Å². The van der Waals surface area contributed by atoms with Crippen LogP contribution in [-0.4, -0.2) is 0 Å². The van der Waals surface area contributed by atoms with Gasteiger partial charge in [0.1, 0.15) is 0 Å². The van der Waals surface area contributed by atoms with Gasteiger partial charge in [0.15, 0.2) is 0 Å². The third kappa shape index (κ3) is 5.21. The SMILES string of the molecule is c1ccc(-c2ccc(N(c3ccc4c(c3)sc3cc(-c5ccccc5)ccc34)c3ccc(-c4ccccc4)c4sc5ccccc5c34)cc2)cc1. The Balaban J connectivity index is 1.19. The molecule has 51 heavy (non-hydrogen) atoms. The molecule has 0 fully saturated rings. The van der Waals surface area contributed by atoms with E-state index in [-0.39, 0.29) is 0 Å². The van der Waals surface area contributed by atoms with Crippen molar-refractivity contribution in [2.45, 2.75) is 0 Å². The minimum atomic E-state index is 1.13. The molecule has 0 radical (unpaired) electrons. The molecule has 0 atom stereocenters. The number of rotatable bonds is 6. The third-order valence-corrected chi connectivity index (χ3v) is 12.2. The van der Waals surface area contributed by atoms with E-state index in [1.807, 2.05) is 22.7 Å². The fourth-order valence-electron chi connectivity index (χ4n) is 7.42. The van der Waals surface area contributed by atoms with Crippen molar-refractivity contribution >= 4 is 80.1 Å². The molecule has 0 N–H and O–H groups in total. The number of anilines is 3. The lowest BCUT2D eigenvalue weighted by Crippen LogP contribution is -2.10. The summed E-state index contributed by atoms with van der Waals surface area (Å²) in [6.45, 7) is 0. The van der Waals surface area contributed by atoms with Crippen LogP contribution in [0.2, 0.25) is 0 Å². The van der Waals surface area contributed by atoms with Crippen molar-refractivity contribution in [2.75, 3.05) is 4.90 Å². The summed E-state index contributed by atoms with van der Waals surface area (Å²) in [4.78, 5) is 2.46. The maximum absolute atomic E-state index is 2.46. The Bertz CT molecular complexity index is 2830. The molecule has 10 aromatic rings. The summed E-state index contributed by atoms with van der Waals surface area (Å²) >= 11 is 3.76. The van der Waals surface area contributed by atoms with E-state index in [1.165, 1.54) is 79.4 Å². The molecule has 2 aromatic heterocycles. The van der Waals surface area contributed by atoms with Gasteiger partial charge in [0, 0.05) is 51.7 Å². The summed E-state index contributed by atoms with van der Waals surface area (Å²) in [5.41, 5.74) is 10.9. The first kappa shape index (κ1) is 29.9. The molecule has 2 heterocycles. The predicted octanol–water partition coefficient (Wildman–Crippen LogP) is 14.9. The average Bonchev–Trinajstić information content (AvgIpc) is 3.78. The number of nitrogens with zero attached hydrogens (tertiary/aromatic N) is 1. The van der Waals surface area contributed by atoms with E-state index in [9.17, 15) is 0 Å². The van der Waals surface area contributed by atoms with Crippen LogP contribution in [-0.2, 0) is 0 Å². The predicted molar refractivity (Wildman–Crippen MR) is 223 cm³/mol. The van der Waals surface area contributed by atoms with Crippen LogP contribution in [0.5, 0.6) is 0 Å². The second kappa shape index (κ2) is 12.4. The van der Waals surface area contributed by atoms with Crippen LogP contribution in [0.15, 0.2) is 188 Å². The van der Waals surface area contributed by atoms with Crippen molar-refractivity contribution in [1.82, 2.24) is 0 Å². The van der Waals surface area contributed by atoms with E-state index in [4.69, 9.17) is 0 Å². The monoisotopic (exact) mass is 685 g/mol.